The third-order valence-electron chi connectivity index (χ3n) is 5.71. The maximum absolute atomic E-state index is 12.4. The zero-order valence-corrected chi connectivity index (χ0v) is 15.1. The first-order valence-electron chi connectivity index (χ1n) is 9.95. The summed E-state index contributed by atoms with van der Waals surface area (Å²) in [5.41, 5.74) is 5.98. The molecule has 0 saturated heterocycles. The minimum atomic E-state index is -0.887. The van der Waals surface area contributed by atoms with Crippen molar-refractivity contribution >= 4 is 5.91 Å². The van der Waals surface area contributed by atoms with Crippen molar-refractivity contribution in [3.63, 3.8) is 0 Å². The summed E-state index contributed by atoms with van der Waals surface area (Å²) in [4.78, 5) is 12.4. The van der Waals surface area contributed by atoms with Crippen LogP contribution in [-0.2, 0) is 4.79 Å². The first-order chi connectivity index (χ1) is 11.5. The Hall–Kier alpha value is -0.650. The Morgan fingerprint density at radius 1 is 1.17 bits per heavy atom. The molecule has 2 aliphatic rings. The standard InChI is InChI=1S/C19H36N2O3/c1-2-3-9-15(20)19(24)21-16(12-13-7-5-4-6-8-13)18(23)17(22)14-10-11-14/h13-18,22-23H,2-12,20H2,1H3,(H,21,24)/t15-,16-,17-,18+/m0/s1. The second-order valence-corrected chi connectivity index (χ2v) is 7.92. The van der Waals surface area contributed by atoms with E-state index in [1.54, 1.807) is 0 Å². The van der Waals surface area contributed by atoms with Gasteiger partial charge in [-0.3, -0.25) is 4.79 Å². The molecule has 0 aromatic carbocycles. The number of nitrogens with one attached hydrogen (secondary N) is 1. The molecule has 2 aliphatic carbocycles. The van der Waals surface area contributed by atoms with Crippen molar-refractivity contribution in [3.8, 4) is 0 Å². The molecule has 24 heavy (non-hydrogen) atoms. The zero-order chi connectivity index (χ0) is 17.5. The summed E-state index contributed by atoms with van der Waals surface area (Å²) < 4.78 is 0. The Balaban J connectivity index is 1.93. The summed E-state index contributed by atoms with van der Waals surface area (Å²) in [6.45, 7) is 2.08. The molecule has 5 nitrogen and oxygen atoms in total. The molecule has 0 heterocycles. The molecule has 4 atom stereocenters. The molecule has 140 valence electrons. The van der Waals surface area contributed by atoms with Gasteiger partial charge in [0.1, 0.15) is 6.10 Å². The molecule has 2 saturated carbocycles. The van der Waals surface area contributed by atoms with Crippen LogP contribution in [0.2, 0.25) is 0 Å². The number of carbonyl (C=O) groups is 1. The van der Waals surface area contributed by atoms with E-state index in [1.807, 2.05) is 0 Å². The van der Waals surface area contributed by atoms with Gasteiger partial charge in [0.05, 0.1) is 18.2 Å². The predicted octanol–water partition coefficient (Wildman–Crippen LogP) is 2.09. The van der Waals surface area contributed by atoms with E-state index < -0.39 is 18.2 Å². The molecular formula is C19H36N2O3. The molecule has 2 fully saturated rings. The number of carbonyl (C=O) groups excluding carboxylic acids is 1. The van der Waals surface area contributed by atoms with E-state index in [4.69, 9.17) is 5.73 Å². The van der Waals surface area contributed by atoms with E-state index in [0.717, 1.165) is 44.9 Å². The van der Waals surface area contributed by atoms with Gasteiger partial charge in [0.15, 0.2) is 0 Å². The number of nitrogens with two attached hydrogens (primary N) is 1. The predicted molar refractivity (Wildman–Crippen MR) is 95.4 cm³/mol. The van der Waals surface area contributed by atoms with Gasteiger partial charge < -0.3 is 21.3 Å². The van der Waals surface area contributed by atoms with Gasteiger partial charge in [-0.15, -0.1) is 0 Å². The maximum Gasteiger partial charge on any atom is 0.237 e. The topological polar surface area (TPSA) is 95.6 Å². The lowest BCUT2D eigenvalue weighted by molar-refractivity contribution is -0.125. The third-order valence-corrected chi connectivity index (χ3v) is 5.71. The van der Waals surface area contributed by atoms with E-state index >= 15 is 0 Å². The van der Waals surface area contributed by atoms with Crippen molar-refractivity contribution in [3.05, 3.63) is 0 Å². The fraction of sp³-hybridized carbons (Fsp3) is 0.947. The van der Waals surface area contributed by atoms with Crippen LogP contribution >= 0.6 is 0 Å². The van der Waals surface area contributed by atoms with Crippen LogP contribution in [0.5, 0.6) is 0 Å². The number of aliphatic hydroxyl groups is 2. The Bertz CT molecular complexity index is 381. The van der Waals surface area contributed by atoms with Gasteiger partial charge in [-0.05, 0) is 37.5 Å². The molecule has 0 unspecified atom stereocenters. The average molecular weight is 341 g/mol. The Morgan fingerprint density at radius 2 is 1.83 bits per heavy atom. The number of hydrogen-bond acceptors (Lipinski definition) is 4. The molecule has 0 spiro atoms. The Morgan fingerprint density at radius 3 is 2.42 bits per heavy atom. The number of hydrogen-bond donors (Lipinski definition) is 4. The normalized spacial score (nSPS) is 24.2. The number of unbranched alkanes of at least 4 members (excludes halogenated alkanes) is 1. The molecule has 5 heteroatoms. The van der Waals surface area contributed by atoms with Gasteiger partial charge in [0.2, 0.25) is 5.91 Å². The quantitative estimate of drug-likeness (QED) is 0.490. The van der Waals surface area contributed by atoms with Crippen molar-refractivity contribution in [2.45, 2.75) is 102 Å². The SMILES string of the molecule is CCCC[C@H](N)C(=O)N[C@@H](CC1CCCCC1)[C@@H](O)[C@@H](O)C1CC1. The van der Waals surface area contributed by atoms with E-state index in [9.17, 15) is 15.0 Å². The van der Waals surface area contributed by atoms with Crippen LogP contribution in [0.4, 0.5) is 0 Å². The molecule has 0 bridgehead atoms. The lowest BCUT2D eigenvalue weighted by atomic mass is 9.82. The highest BCUT2D eigenvalue weighted by Gasteiger charge is 2.39. The van der Waals surface area contributed by atoms with Crippen LogP contribution in [0, 0.1) is 11.8 Å². The molecule has 1 amide bonds. The fourth-order valence-corrected chi connectivity index (χ4v) is 3.87. The van der Waals surface area contributed by atoms with Crippen LogP contribution in [0.15, 0.2) is 0 Å². The molecule has 0 aromatic heterocycles. The summed E-state index contributed by atoms with van der Waals surface area (Å²) in [5, 5.41) is 23.9. The average Bonchev–Trinajstić information content (AvgIpc) is 3.43. The number of aliphatic hydroxyl groups excluding tert-OH is 2. The first kappa shape index (κ1) is 19.7. The van der Waals surface area contributed by atoms with Crippen molar-refractivity contribution < 1.29 is 15.0 Å². The fourth-order valence-electron chi connectivity index (χ4n) is 3.87. The van der Waals surface area contributed by atoms with E-state index in [0.29, 0.717) is 12.3 Å². The van der Waals surface area contributed by atoms with E-state index in [-0.39, 0.29) is 17.9 Å². The second-order valence-electron chi connectivity index (χ2n) is 7.92. The van der Waals surface area contributed by atoms with Crippen molar-refractivity contribution in [2.75, 3.05) is 0 Å². The third kappa shape index (κ3) is 6.01. The van der Waals surface area contributed by atoms with Gasteiger partial charge in [-0.25, -0.2) is 0 Å². The molecule has 5 N–H and O–H groups in total. The van der Waals surface area contributed by atoms with Crippen LogP contribution < -0.4 is 11.1 Å². The summed E-state index contributed by atoms with van der Waals surface area (Å²) in [6, 6.07) is -0.909. The van der Waals surface area contributed by atoms with Gasteiger partial charge in [0, 0.05) is 0 Å². The van der Waals surface area contributed by atoms with Crippen molar-refractivity contribution in [1.29, 1.82) is 0 Å². The zero-order valence-electron chi connectivity index (χ0n) is 15.1. The smallest absolute Gasteiger partial charge is 0.237 e. The summed E-state index contributed by atoms with van der Waals surface area (Å²) in [7, 11) is 0. The number of amides is 1. The minimum Gasteiger partial charge on any atom is -0.390 e. The van der Waals surface area contributed by atoms with Crippen LogP contribution in [0.1, 0.15) is 77.6 Å². The molecule has 0 radical (unpaired) electrons. The van der Waals surface area contributed by atoms with Crippen LogP contribution in [-0.4, -0.2) is 40.4 Å². The molecule has 0 aromatic rings. The molecular weight excluding hydrogens is 304 g/mol. The summed E-state index contributed by atoms with van der Waals surface area (Å²) in [6.07, 6.45) is 9.71. The van der Waals surface area contributed by atoms with Crippen molar-refractivity contribution in [1.82, 2.24) is 5.32 Å². The largest absolute Gasteiger partial charge is 0.390 e. The second kappa shape index (κ2) is 9.73. The maximum atomic E-state index is 12.4. The lowest BCUT2D eigenvalue weighted by Gasteiger charge is -2.33. The van der Waals surface area contributed by atoms with E-state index in [2.05, 4.69) is 12.2 Å². The highest BCUT2D eigenvalue weighted by atomic mass is 16.3. The van der Waals surface area contributed by atoms with Crippen LogP contribution in [0.25, 0.3) is 0 Å². The summed E-state index contributed by atoms with van der Waals surface area (Å²) in [5.74, 6) is 0.530. The highest BCUT2D eigenvalue weighted by Crippen LogP contribution is 2.36. The Kier molecular flexibility index (Phi) is 7.98. The summed E-state index contributed by atoms with van der Waals surface area (Å²) >= 11 is 0. The van der Waals surface area contributed by atoms with Gasteiger partial charge >= 0.3 is 0 Å². The van der Waals surface area contributed by atoms with Gasteiger partial charge in [0.25, 0.3) is 0 Å². The monoisotopic (exact) mass is 340 g/mol. The van der Waals surface area contributed by atoms with Crippen molar-refractivity contribution in [2.24, 2.45) is 17.6 Å². The van der Waals surface area contributed by atoms with E-state index in [1.165, 1.54) is 19.3 Å². The first-order valence-corrected chi connectivity index (χ1v) is 9.95. The Labute approximate surface area is 146 Å². The van der Waals surface area contributed by atoms with Gasteiger partial charge in [-0.2, -0.15) is 0 Å². The highest BCUT2D eigenvalue weighted by molar-refractivity contribution is 5.81. The molecule has 2 rings (SSSR count). The van der Waals surface area contributed by atoms with Gasteiger partial charge in [-0.1, -0.05) is 51.9 Å². The minimum absolute atomic E-state index is 0.189. The van der Waals surface area contributed by atoms with Crippen LogP contribution in [0.3, 0.4) is 0 Å². The number of rotatable bonds is 10. The molecule has 0 aliphatic heterocycles. The lowest BCUT2D eigenvalue weighted by Crippen LogP contribution is -2.53.